The monoisotopic (exact) mass is 602 g/mol. The third-order valence-electron chi connectivity index (χ3n) is 7.23. The number of carbonyl (C=O) groups is 3. The van der Waals surface area contributed by atoms with Gasteiger partial charge in [0.05, 0.1) is 19.2 Å². The summed E-state index contributed by atoms with van der Waals surface area (Å²) in [5.41, 5.74) is 1.98. The second-order valence-corrected chi connectivity index (χ2v) is 10.3. The van der Waals surface area contributed by atoms with E-state index in [9.17, 15) is 18.8 Å². The Labute approximate surface area is 252 Å². The van der Waals surface area contributed by atoms with Crippen LogP contribution in [0.4, 0.5) is 15.8 Å². The minimum Gasteiger partial charge on any atom is -0.493 e. The average molecular weight is 603 g/mol. The van der Waals surface area contributed by atoms with Crippen LogP contribution < -0.4 is 30.3 Å². The highest BCUT2D eigenvalue weighted by molar-refractivity contribution is 6.16. The van der Waals surface area contributed by atoms with Gasteiger partial charge in [-0.1, -0.05) is 0 Å². The quantitative estimate of drug-likeness (QED) is 0.0670. The zero-order valence-corrected chi connectivity index (χ0v) is 23.9. The maximum atomic E-state index is 13.2. The van der Waals surface area contributed by atoms with E-state index >= 15 is 0 Å². The molecule has 5 rings (SSSR count). The van der Waals surface area contributed by atoms with Gasteiger partial charge in [-0.25, -0.2) is 9.87 Å². The van der Waals surface area contributed by atoms with Gasteiger partial charge in [-0.15, -0.1) is 0 Å². The van der Waals surface area contributed by atoms with Gasteiger partial charge in [0, 0.05) is 35.4 Å². The van der Waals surface area contributed by atoms with Crippen molar-refractivity contribution in [3.05, 3.63) is 78.7 Å². The van der Waals surface area contributed by atoms with Crippen LogP contribution in [0.2, 0.25) is 0 Å². The molecule has 4 N–H and O–H groups in total. The lowest BCUT2D eigenvalue weighted by Gasteiger charge is -2.16. The summed E-state index contributed by atoms with van der Waals surface area (Å²) >= 11 is 0. The Hall–Kier alpha value is -5.23. The number of anilines is 2. The molecular formula is C32H31FN4O7. The van der Waals surface area contributed by atoms with Crippen molar-refractivity contribution in [3.8, 4) is 23.0 Å². The van der Waals surface area contributed by atoms with Gasteiger partial charge in [-0.3, -0.25) is 24.6 Å². The topological polar surface area (TPSA) is 148 Å². The molecule has 1 aromatic heterocycles. The Morgan fingerprint density at radius 2 is 1.55 bits per heavy atom. The number of hydrogen-bond donors (Lipinski definition) is 4. The molecule has 1 aliphatic carbocycles. The number of pyridine rings is 1. The van der Waals surface area contributed by atoms with E-state index in [1.165, 1.54) is 31.4 Å². The van der Waals surface area contributed by atoms with Gasteiger partial charge >= 0.3 is 0 Å². The number of nitrogens with zero attached hydrogens (tertiary/aromatic N) is 1. The molecule has 228 valence electrons. The van der Waals surface area contributed by atoms with E-state index in [4.69, 9.17) is 19.4 Å². The maximum Gasteiger partial charge on any atom is 0.243 e. The van der Waals surface area contributed by atoms with Crippen molar-refractivity contribution in [1.82, 2.24) is 10.5 Å². The van der Waals surface area contributed by atoms with E-state index in [1.807, 2.05) is 0 Å². The molecule has 0 aliphatic heterocycles. The molecule has 3 aromatic carbocycles. The zero-order chi connectivity index (χ0) is 31.1. The van der Waals surface area contributed by atoms with Crippen LogP contribution in [0, 0.1) is 11.2 Å². The standard InChI is InChI=1S/C32H31FN4O7/c1-42-27-18-24-25(19-28(27)43-17-3-2-4-29(38)37-41)34-16-13-26(24)44-23-11-9-22(10-12-23)36-31(40)32(14-15-32)30(39)35-21-7-5-20(33)6-8-21/h5-13,16,18-19,41H,2-4,14-15,17H2,1H3,(H,35,39)(H,36,40)(H,37,38). The minimum absolute atomic E-state index is 0.196. The van der Waals surface area contributed by atoms with E-state index in [2.05, 4.69) is 15.6 Å². The van der Waals surface area contributed by atoms with E-state index in [0.29, 0.717) is 77.6 Å². The number of benzene rings is 3. The van der Waals surface area contributed by atoms with Crippen molar-refractivity contribution >= 4 is 40.0 Å². The Kier molecular flexibility index (Phi) is 9.20. The van der Waals surface area contributed by atoms with Crippen LogP contribution in [-0.4, -0.2) is 41.6 Å². The summed E-state index contributed by atoms with van der Waals surface area (Å²) in [5.74, 6) is 0.324. The van der Waals surface area contributed by atoms with Crippen molar-refractivity contribution < 1.29 is 38.2 Å². The number of halogens is 1. The Bertz CT molecular complexity index is 1660. The number of hydrogen-bond acceptors (Lipinski definition) is 8. The predicted molar refractivity (Wildman–Crippen MR) is 159 cm³/mol. The molecule has 0 radical (unpaired) electrons. The first-order chi connectivity index (χ1) is 21.3. The Morgan fingerprint density at radius 3 is 2.16 bits per heavy atom. The molecule has 4 aromatic rings. The minimum atomic E-state index is -1.17. The first-order valence-electron chi connectivity index (χ1n) is 14.0. The number of amides is 3. The van der Waals surface area contributed by atoms with E-state index in [1.54, 1.807) is 54.1 Å². The van der Waals surface area contributed by atoms with Gasteiger partial charge in [0.2, 0.25) is 17.7 Å². The van der Waals surface area contributed by atoms with Gasteiger partial charge in [0.1, 0.15) is 22.7 Å². The van der Waals surface area contributed by atoms with E-state index in [0.717, 1.165) is 0 Å². The fraction of sp³-hybridized carbons (Fsp3) is 0.250. The fourth-order valence-electron chi connectivity index (χ4n) is 4.57. The lowest BCUT2D eigenvalue weighted by atomic mass is 10.0. The molecule has 1 fully saturated rings. The van der Waals surface area contributed by atoms with Crippen LogP contribution in [0.1, 0.15) is 32.1 Å². The molecule has 3 amide bonds. The van der Waals surface area contributed by atoms with Gasteiger partial charge in [-0.2, -0.15) is 0 Å². The number of methoxy groups -OCH3 is 1. The number of ether oxygens (including phenoxy) is 3. The number of hydroxylamine groups is 1. The summed E-state index contributed by atoms with van der Waals surface area (Å²) < 4.78 is 30.7. The van der Waals surface area contributed by atoms with Gasteiger partial charge in [0.15, 0.2) is 11.5 Å². The van der Waals surface area contributed by atoms with Crippen LogP contribution in [0.25, 0.3) is 10.9 Å². The van der Waals surface area contributed by atoms with Crippen molar-refractivity contribution in [2.24, 2.45) is 5.41 Å². The molecule has 0 bridgehead atoms. The molecule has 0 saturated heterocycles. The van der Waals surface area contributed by atoms with Crippen molar-refractivity contribution in [3.63, 3.8) is 0 Å². The van der Waals surface area contributed by atoms with Crippen LogP contribution in [0.15, 0.2) is 72.9 Å². The molecule has 0 unspecified atom stereocenters. The summed E-state index contributed by atoms with van der Waals surface area (Å²) in [6.07, 6.45) is 3.80. The predicted octanol–water partition coefficient (Wildman–Crippen LogP) is 5.59. The summed E-state index contributed by atoms with van der Waals surface area (Å²) in [6, 6.07) is 17.4. The lowest BCUT2D eigenvalue weighted by Crippen LogP contribution is -2.35. The largest absolute Gasteiger partial charge is 0.493 e. The molecule has 0 atom stereocenters. The number of fused-ring (bicyclic) bond motifs is 1. The first-order valence-corrected chi connectivity index (χ1v) is 14.0. The normalized spacial score (nSPS) is 13.1. The first kappa shape index (κ1) is 30.2. The van der Waals surface area contributed by atoms with E-state index < -0.39 is 29.0 Å². The molecular weight excluding hydrogens is 571 g/mol. The van der Waals surface area contributed by atoms with E-state index in [-0.39, 0.29) is 6.42 Å². The Morgan fingerprint density at radius 1 is 0.886 bits per heavy atom. The maximum absolute atomic E-state index is 13.2. The number of rotatable bonds is 13. The second-order valence-electron chi connectivity index (χ2n) is 10.3. The fourth-order valence-corrected chi connectivity index (χ4v) is 4.57. The molecule has 1 aliphatic rings. The molecule has 1 saturated carbocycles. The summed E-state index contributed by atoms with van der Waals surface area (Å²) in [5, 5.41) is 14.8. The average Bonchev–Trinajstić information content (AvgIpc) is 3.85. The number of nitrogens with one attached hydrogen (secondary N) is 3. The van der Waals surface area contributed by atoms with Crippen molar-refractivity contribution in [1.29, 1.82) is 0 Å². The van der Waals surface area contributed by atoms with Gasteiger partial charge in [0.25, 0.3) is 0 Å². The van der Waals surface area contributed by atoms with Crippen LogP contribution in [-0.2, 0) is 14.4 Å². The van der Waals surface area contributed by atoms with Crippen LogP contribution in [0.5, 0.6) is 23.0 Å². The number of carbonyl (C=O) groups excluding carboxylic acids is 3. The summed E-state index contributed by atoms with van der Waals surface area (Å²) in [6.45, 7) is 0.347. The SMILES string of the molecule is COc1cc2c(Oc3ccc(NC(=O)C4(C(=O)Nc5ccc(F)cc5)CC4)cc3)ccnc2cc1OCCCCC(=O)NO. The highest BCUT2D eigenvalue weighted by Gasteiger charge is 2.56. The third-order valence-corrected chi connectivity index (χ3v) is 7.23. The Balaban J connectivity index is 1.21. The second kappa shape index (κ2) is 13.4. The van der Waals surface area contributed by atoms with Gasteiger partial charge < -0.3 is 24.8 Å². The van der Waals surface area contributed by atoms with Crippen LogP contribution >= 0.6 is 0 Å². The zero-order valence-electron chi connectivity index (χ0n) is 23.9. The molecule has 12 heteroatoms. The lowest BCUT2D eigenvalue weighted by molar-refractivity contribution is -0.131. The smallest absolute Gasteiger partial charge is 0.243 e. The molecule has 1 heterocycles. The summed E-state index contributed by atoms with van der Waals surface area (Å²) in [7, 11) is 1.53. The van der Waals surface area contributed by atoms with Gasteiger partial charge in [-0.05, 0) is 86.3 Å². The third kappa shape index (κ3) is 7.04. The van der Waals surface area contributed by atoms with Crippen LogP contribution in [0.3, 0.4) is 0 Å². The number of aromatic nitrogens is 1. The molecule has 44 heavy (non-hydrogen) atoms. The number of unbranched alkanes of at least 4 members (excludes halogenated alkanes) is 1. The highest BCUT2D eigenvalue weighted by Crippen LogP contribution is 2.47. The molecule has 0 spiro atoms. The highest BCUT2D eigenvalue weighted by atomic mass is 19.1. The summed E-state index contributed by atoms with van der Waals surface area (Å²) in [4.78, 5) is 41.4. The molecule has 11 nitrogen and oxygen atoms in total. The van der Waals surface area contributed by atoms with Crippen molar-refractivity contribution in [2.75, 3.05) is 24.4 Å². The van der Waals surface area contributed by atoms with Crippen molar-refractivity contribution in [2.45, 2.75) is 32.1 Å².